The molecule has 1 rings (SSSR count). The lowest BCUT2D eigenvalue weighted by Crippen LogP contribution is -2.36. The molecule has 1 amide bonds. The first-order valence-corrected chi connectivity index (χ1v) is 11.4. The Morgan fingerprint density at radius 3 is 2.20 bits per heavy atom. The van der Waals surface area contributed by atoms with Crippen LogP contribution in [0.5, 0.6) is 0 Å². The maximum absolute atomic E-state index is 12.9. The Morgan fingerprint density at radius 2 is 1.60 bits per heavy atom. The number of rotatable bonds is 13. The van der Waals surface area contributed by atoms with Crippen LogP contribution >= 0.6 is 0 Å². The summed E-state index contributed by atoms with van der Waals surface area (Å²) in [6.07, 6.45) is 4.05. The summed E-state index contributed by atoms with van der Waals surface area (Å²) >= 11 is 0. The number of nitrogens with zero attached hydrogens (tertiary/aromatic N) is 1. The van der Waals surface area contributed by atoms with Crippen molar-refractivity contribution in [1.82, 2.24) is 4.90 Å². The standard InChI is InChI=1S/C25H41NO4/c1-7-9-12-21(8-2)15-26(25(28)30-18-20(5)6)16-22-13-10-11-14-23(22)24(27)29-17-19(3)4/h10-11,13-14,19-21H,7-9,12,15-18H2,1-6H3. The van der Waals surface area contributed by atoms with E-state index in [-0.39, 0.29) is 23.9 Å². The van der Waals surface area contributed by atoms with Gasteiger partial charge in [-0.2, -0.15) is 0 Å². The molecule has 1 aromatic carbocycles. The number of benzene rings is 1. The van der Waals surface area contributed by atoms with Crippen molar-refractivity contribution in [2.24, 2.45) is 17.8 Å². The van der Waals surface area contributed by atoms with Crippen molar-refractivity contribution >= 4 is 12.1 Å². The highest BCUT2D eigenvalue weighted by atomic mass is 16.6. The predicted octanol–water partition coefficient (Wildman–Crippen LogP) is 6.31. The molecule has 0 saturated carbocycles. The fraction of sp³-hybridized carbons (Fsp3) is 0.680. The smallest absolute Gasteiger partial charge is 0.410 e. The zero-order valence-electron chi connectivity index (χ0n) is 19.8. The van der Waals surface area contributed by atoms with Gasteiger partial charge in [0, 0.05) is 13.1 Å². The largest absolute Gasteiger partial charge is 0.462 e. The normalized spacial score (nSPS) is 12.1. The second-order valence-electron chi connectivity index (χ2n) is 8.92. The number of unbranched alkanes of at least 4 members (excludes halogenated alkanes) is 1. The van der Waals surface area contributed by atoms with Crippen molar-refractivity contribution in [3.05, 3.63) is 35.4 Å². The zero-order valence-corrected chi connectivity index (χ0v) is 19.8. The average molecular weight is 420 g/mol. The van der Waals surface area contributed by atoms with Gasteiger partial charge in [0.1, 0.15) is 0 Å². The number of carbonyl (C=O) groups excluding carboxylic acids is 2. The van der Waals surface area contributed by atoms with Gasteiger partial charge in [0.05, 0.1) is 18.8 Å². The molecule has 1 aromatic rings. The van der Waals surface area contributed by atoms with Crippen LogP contribution in [0.4, 0.5) is 4.79 Å². The molecule has 0 radical (unpaired) electrons. The summed E-state index contributed by atoms with van der Waals surface area (Å²) in [6.45, 7) is 14.1. The molecule has 5 heteroatoms. The van der Waals surface area contributed by atoms with Gasteiger partial charge in [0.2, 0.25) is 0 Å². The van der Waals surface area contributed by atoms with E-state index < -0.39 is 0 Å². The van der Waals surface area contributed by atoms with E-state index in [0.717, 1.165) is 31.2 Å². The molecule has 0 N–H and O–H groups in total. The van der Waals surface area contributed by atoms with E-state index in [9.17, 15) is 9.59 Å². The van der Waals surface area contributed by atoms with Crippen molar-refractivity contribution in [1.29, 1.82) is 0 Å². The fourth-order valence-corrected chi connectivity index (χ4v) is 3.14. The highest BCUT2D eigenvalue weighted by molar-refractivity contribution is 5.91. The molecule has 0 aliphatic heterocycles. The molecule has 30 heavy (non-hydrogen) atoms. The molecule has 0 aliphatic rings. The van der Waals surface area contributed by atoms with Crippen molar-refractivity contribution in [3.63, 3.8) is 0 Å². The van der Waals surface area contributed by atoms with E-state index in [4.69, 9.17) is 9.47 Å². The van der Waals surface area contributed by atoms with E-state index in [0.29, 0.717) is 37.8 Å². The minimum Gasteiger partial charge on any atom is -0.462 e. The lowest BCUT2D eigenvalue weighted by Gasteiger charge is -2.27. The Hall–Kier alpha value is -2.04. The lowest BCUT2D eigenvalue weighted by atomic mass is 9.98. The third-order valence-corrected chi connectivity index (χ3v) is 4.97. The zero-order chi connectivity index (χ0) is 22.5. The number of hydrogen-bond donors (Lipinski definition) is 0. The highest BCUT2D eigenvalue weighted by Crippen LogP contribution is 2.19. The van der Waals surface area contributed by atoms with Gasteiger partial charge in [-0.15, -0.1) is 0 Å². The first-order valence-electron chi connectivity index (χ1n) is 11.4. The Bertz CT molecular complexity index is 642. The Kier molecular flexibility index (Phi) is 12.2. The van der Waals surface area contributed by atoms with E-state index in [2.05, 4.69) is 13.8 Å². The number of amides is 1. The summed E-state index contributed by atoms with van der Waals surface area (Å²) in [4.78, 5) is 27.2. The van der Waals surface area contributed by atoms with E-state index >= 15 is 0 Å². The molecule has 1 unspecified atom stereocenters. The van der Waals surface area contributed by atoms with Gasteiger partial charge in [0.15, 0.2) is 0 Å². The van der Waals surface area contributed by atoms with E-state index in [1.54, 1.807) is 11.0 Å². The van der Waals surface area contributed by atoms with E-state index in [1.807, 2.05) is 45.9 Å². The third kappa shape index (κ3) is 9.64. The van der Waals surface area contributed by atoms with Gasteiger partial charge in [0.25, 0.3) is 0 Å². The summed E-state index contributed by atoms with van der Waals surface area (Å²) in [6, 6.07) is 7.37. The lowest BCUT2D eigenvalue weighted by molar-refractivity contribution is 0.0454. The molecule has 0 spiro atoms. The topological polar surface area (TPSA) is 55.8 Å². The third-order valence-electron chi connectivity index (χ3n) is 4.97. The first kappa shape index (κ1) is 26.0. The molecule has 0 fully saturated rings. The monoisotopic (exact) mass is 419 g/mol. The van der Waals surface area contributed by atoms with Crippen molar-refractivity contribution in [3.8, 4) is 0 Å². The van der Waals surface area contributed by atoms with Crippen LogP contribution in [-0.2, 0) is 16.0 Å². The van der Waals surface area contributed by atoms with Crippen LogP contribution in [0.3, 0.4) is 0 Å². The fourth-order valence-electron chi connectivity index (χ4n) is 3.14. The summed E-state index contributed by atoms with van der Waals surface area (Å²) in [7, 11) is 0. The molecular formula is C25H41NO4. The summed E-state index contributed by atoms with van der Waals surface area (Å²) < 4.78 is 11.0. The minimum absolute atomic E-state index is 0.271. The molecule has 0 aromatic heterocycles. The molecule has 5 nitrogen and oxygen atoms in total. The van der Waals surface area contributed by atoms with Gasteiger partial charge < -0.3 is 14.4 Å². The van der Waals surface area contributed by atoms with Crippen LogP contribution < -0.4 is 0 Å². The van der Waals surface area contributed by atoms with Gasteiger partial charge >= 0.3 is 12.1 Å². The van der Waals surface area contributed by atoms with Gasteiger partial charge in [-0.05, 0) is 35.8 Å². The predicted molar refractivity (Wildman–Crippen MR) is 121 cm³/mol. The Balaban J connectivity index is 3.02. The number of esters is 1. The number of ether oxygens (including phenoxy) is 2. The Morgan fingerprint density at radius 1 is 0.967 bits per heavy atom. The minimum atomic E-state index is -0.340. The molecule has 0 saturated heterocycles. The second-order valence-corrected chi connectivity index (χ2v) is 8.92. The van der Waals surface area contributed by atoms with Gasteiger partial charge in [-0.25, -0.2) is 9.59 Å². The van der Waals surface area contributed by atoms with E-state index in [1.165, 1.54) is 0 Å². The molecule has 170 valence electrons. The van der Waals surface area contributed by atoms with Crippen LogP contribution in [0.1, 0.15) is 83.1 Å². The van der Waals surface area contributed by atoms with Crippen molar-refractivity contribution < 1.29 is 19.1 Å². The average Bonchev–Trinajstić information content (AvgIpc) is 2.72. The molecule has 0 bridgehead atoms. The van der Waals surface area contributed by atoms with Crippen molar-refractivity contribution in [2.75, 3.05) is 19.8 Å². The van der Waals surface area contributed by atoms with Gasteiger partial charge in [-0.1, -0.05) is 79.0 Å². The number of hydrogen-bond acceptors (Lipinski definition) is 4. The summed E-state index contributed by atoms with van der Waals surface area (Å²) in [5, 5.41) is 0. The van der Waals surface area contributed by atoms with Crippen molar-refractivity contribution in [2.45, 2.75) is 73.8 Å². The summed E-state index contributed by atoms with van der Waals surface area (Å²) in [5.74, 6) is 0.619. The second kappa shape index (κ2) is 14.1. The van der Waals surface area contributed by atoms with Crippen LogP contribution in [-0.4, -0.2) is 36.7 Å². The Labute approximate surface area is 183 Å². The maximum atomic E-state index is 12.9. The van der Waals surface area contributed by atoms with Crippen LogP contribution in [0.15, 0.2) is 24.3 Å². The SMILES string of the molecule is CCCCC(CC)CN(Cc1ccccc1C(=O)OCC(C)C)C(=O)OCC(C)C. The first-order chi connectivity index (χ1) is 14.3. The molecule has 0 aliphatic carbocycles. The van der Waals surface area contributed by atoms with Gasteiger partial charge in [-0.3, -0.25) is 0 Å². The molecule has 0 heterocycles. The number of carbonyl (C=O) groups is 2. The maximum Gasteiger partial charge on any atom is 0.410 e. The quantitative estimate of drug-likeness (QED) is 0.352. The van der Waals surface area contributed by atoms with Crippen LogP contribution in [0.2, 0.25) is 0 Å². The highest BCUT2D eigenvalue weighted by Gasteiger charge is 2.23. The van der Waals surface area contributed by atoms with Crippen LogP contribution in [0, 0.1) is 17.8 Å². The summed E-state index contributed by atoms with van der Waals surface area (Å²) in [5.41, 5.74) is 1.31. The van der Waals surface area contributed by atoms with Crippen LogP contribution in [0.25, 0.3) is 0 Å². The molecule has 1 atom stereocenters. The molecular weight excluding hydrogens is 378 g/mol.